The lowest BCUT2D eigenvalue weighted by atomic mass is 9.44. The third kappa shape index (κ3) is 1.86. The summed E-state index contributed by atoms with van der Waals surface area (Å²) in [6.45, 7) is 7.01. The summed E-state index contributed by atoms with van der Waals surface area (Å²) < 4.78 is 0. The van der Waals surface area contributed by atoms with Gasteiger partial charge in [-0.2, -0.15) is 0 Å². The monoisotopic (exact) mass is 306 g/mol. The van der Waals surface area contributed by atoms with E-state index in [2.05, 4.69) is 20.8 Å². The summed E-state index contributed by atoms with van der Waals surface area (Å²) in [5.74, 6) is 3.13. The molecule has 2 nitrogen and oxygen atoms in total. The Morgan fingerprint density at radius 3 is 2.32 bits per heavy atom. The largest absolute Gasteiger partial charge is 0.393 e. The SMILES string of the molecule is C[C@@]12CC[C@H](O)C[C@H]1CC[C@@H]1[C@H]3CC[C@@](C)(O)[C@@]3(C)CC[C@@H]12. The van der Waals surface area contributed by atoms with Gasteiger partial charge in [-0.15, -0.1) is 0 Å². The second kappa shape index (κ2) is 4.72. The highest BCUT2D eigenvalue weighted by atomic mass is 16.3. The van der Waals surface area contributed by atoms with E-state index < -0.39 is 5.60 Å². The van der Waals surface area contributed by atoms with Crippen molar-refractivity contribution < 1.29 is 10.2 Å². The lowest BCUT2D eigenvalue weighted by molar-refractivity contribution is -0.153. The zero-order valence-corrected chi connectivity index (χ0v) is 14.6. The molecule has 0 spiro atoms. The first kappa shape index (κ1) is 15.4. The minimum Gasteiger partial charge on any atom is -0.393 e. The van der Waals surface area contributed by atoms with Crippen molar-refractivity contribution in [2.24, 2.45) is 34.5 Å². The molecule has 0 radical (unpaired) electrons. The molecule has 2 heteroatoms. The minimum atomic E-state index is -0.455. The van der Waals surface area contributed by atoms with Crippen LogP contribution in [0.5, 0.6) is 0 Å². The molecule has 4 rings (SSSR count). The molecule has 4 saturated carbocycles. The topological polar surface area (TPSA) is 40.5 Å². The Labute approximate surface area is 135 Å². The summed E-state index contributed by atoms with van der Waals surface area (Å²) in [7, 11) is 0. The van der Waals surface area contributed by atoms with Gasteiger partial charge in [-0.05, 0) is 99.2 Å². The van der Waals surface area contributed by atoms with Gasteiger partial charge in [-0.3, -0.25) is 0 Å². The molecule has 0 aromatic carbocycles. The third-order valence-electron chi connectivity index (χ3n) is 9.20. The maximum Gasteiger partial charge on any atom is 0.0675 e. The first-order valence-electron chi connectivity index (χ1n) is 9.68. The van der Waals surface area contributed by atoms with Gasteiger partial charge >= 0.3 is 0 Å². The molecular weight excluding hydrogens is 272 g/mol. The zero-order valence-electron chi connectivity index (χ0n) is 14.6. The van der Waals surface area contributed by atoms with Crippen LogP contribution in [-0.2, 0) is 0 Å². The van der Waals surface area contributed by atoms with Crippen molar-refractivity contribution in [2.45, 2.75) is 90.3 Å². The van der Waals surface area contributed by atoms with Crippen molar-refractivity contribution >= 4 is 0 Å². The molecule has 126 valence electrons. The van der Waals surface area contributed by atoms with E-state index in [1.165, 1.54) is 38.5 Å². The lowest BCUT2D eigenvalue weighted by Crippen LogP contribution is -2.56. The third-order valence-corrected chi connectivity index (χ3v) is 9.20. The van der Waals surface area contributed by atoms with Crippen LogP contribution in [0.4, 0.5) is 0 Å². The normalized spacial score (nSPS) is 61.2. The molecule has 2 N–H and O–H groups in total. The van der Waals surface area contributed by atoms with E-state index in [1.807, 2.05) is 0 Å². The van der Waals surface area contributed by atoms with E-state index >= 15 is 0 Å². The van der Waals surface area contributed by atoms with E-state index in [9.17, 15) is 10.2 Å². The molecule has 0 unspecified atom stereocenters. The van der Waals surface area contributed by atoms with Crippen LogP contribution < -0.4 is 0 Å². The number of aliphatic hydroxyl groups is 2. The summed E-state index contributed by atoms with van der Waals surface area (Å²) in [6.07, 6.45) is 10.6. The number of hydrogen-bond acceptors (Lipinski definition) is 2. The van der Waals surface area contributed by atoms with Crippen LogP contribution in [0.3, 0.4) is 0 Å². The average Bonchev–Trinajstić information content (AvgIpc) is 2.70. The van der Waals surface area contributed by atoms with Crippen molar-refractivity contribution in [3.05, 3.63) is 0 Å². The molecule has 0 bridgehead atoms. The predicted octanol–water partition coefficient (Wildman–Crippen LogP) is 4.14. The summed E-state index contributed by atoms with van der Waals surface area (Å²) in [6, 6.07) is 0. The van der Waals surface area contributed by atoms with E-state index in [4.69, 9.17) is 0 Å². The molecule has 0 heterocycles. The molecule has 0 aromatic rings. The summed E-state index contributed by atoms with van der Waals surface area (Å²) in [5, 5.41) is 21.0. The Bertz CT molecular complexity index is 459. The average molecular weight is 306 g/mol. The van der Waals surface area contributed by atoms with Gasteiger partial charge in [0.1, 0.15) is 0 Å². The van der Waals surface area contributed by atoms with Crippen molar-refractivity contribution in [1.82, 2.24) is 0 Å². The fraction of sp³-hybridized carbons (Fsp3) is 1.00. The predicted molar refractivity (Wildman–Crippen MR) is 88.4 cm³/mol. The minimum absolute atomic E-state index is 0.0457. The van der Waals surface area contributed by atoms with Crippen molar-refractivity contribution in [1.29, 1.82) is 0 Å². The van der Waals surface area contributed by atoms with Crippen LogP contribution >= 0.6 is 0 Å². The molecular formula is C20H34O2. The molecule has 0 saturated heterocycles. The number of rotatable bonds is 0. The van der Waals surface area contributed by atoms with E-state index in [1.54, 1.807) is 0 Å². The Hall–Kier alpha value is -0.0800. The van der Waals surface area contributed by atoms with E-state index in [0.29, 0.717) is 5.41 Å². The standard InChI is InChI=1S/C20H34O2/c1-18-9-6-14(21)12-13(18)4-5-15-16(18)7-10-19(2)17(15)8-11-20(19,3)22/h13-17,21-22H,4-12H2,1-3H3/t13-,14+,15+,16+,17-,18-,19+,20-/m1/s1. The van der Waals surface area contributed by atoms with Crippen molar-refractivity contribution in [3.63, 3.8) is 0 Å². The number of fused-ring (bicyclic) bond motifs is 5. The quantitative estimate of drug-likeness (QED) is 0.706. The second-order valence-corrected chi connectivity index (χ2v) is 9.85. The van der Waals surface area contributed by atoms with Gasteiger partial charge < -0.3 is 10.2 Å². The van der Waals surface area contributed by atoms with Crippen molar-refractivity contribution in [3.8, 4) is 0 Å². The Morgan fingerprint density at radius 1 is 0.818 bits per heavy atom. The van der Waals surface area contributed by atoms with Gasteiger partial charge in [0.05, 0.1) is 11.7 Å². The number of hydrogen-bond donors (Lipinski definition) is 2. The van der Waals surface area contributed by atoms with Crippen LogP contribution in [-0.4, -0.2) is 21.9 Å². The highest BCUT2D eigenvalue weighted by molar-refractivity contribution is 5.12. The van der Waals surface area contributed by atoms with E-state index in [0.717, 1.165) is 42.9 Å². The van der Waals surface area contributed by atoms with Crippen LogP contribution in [0.1, 0.15) is 78.6 Å². The molecule has 22 heavy (non-hydrogen) atoms. The van der Waals surface area contributed by atoms with Gasteiger partial charge in [-0.25, -0.2) is 0 Å². The Balaban J connectivity index is 1.64. The van der Waals surface area contributed by atoms with Gasteiger partial charge in [0.15, 0.2) is 0 Å². The van der Waals surface area contributed by atoms with Gasteiger partial charge in [0.25, 0.3) is 0 Å². The van der Waals surface area contributed by atoms with Crippen LogP contribution in [0, 0.1) is 34.5 Å². The highest BCUT2D eigenvalue weighted by Gasteiger charge is 2.63. The first-order valence-corrected chi connectivity index (χ1v) is 9.68. The molecule has 8 atom stereocenters. The molecule has 4 aliphatic rings. The maximum atomic E-state index is 10.9. The zero-order chi connectivity index (χ0) is 15.8. The summed E-state index contributed by atoms with van der Waals surface area (Å²) >= 11 is 0. The Morgan fingerprint density at radius 2 is 1.55 bits per heavy atom. The highest BCUT2D eigenvalue weighted by Crippen LogP contribution is 2.68. The molecule has 0 aromatic heterocycles. The molecule has 4 fully saturated rings. The molecule has 0 aliphatic heterocycles. The fourth-order valence-corrected chi connectivity index (χ4v) is 7.48. The van der Waals surface area contributed by atoms with Crippen molar-refractivity contribution in [2.75, 3.05) is 0 Å². The molecule has 0 amide bonds. The summed E-state index contributed by atoms with van der Waals surface area (Å²) in [5.41, 5.74) is 0.145. The lowest BCUT2D eigenvalue weighted by Gasteiger charge is -2.61. The van der Waals surface area contributed by atoms with Gasteiger partial charge in [0, 0.05) is 0 Å². The van der Waals surface area contributed by atoms with Crippen LogP contribution in [0.15, 0.2) is 0 Å². The van der Waals surface area contributed by atoms with Crippen LogP contribution in [0.2, 0.25) is 0 Å². The smallest absolute Gasteiger partial charge is 0.0675 e. The second-order valence-electron chi connectivity index (χ2n) is 9.85. The summed E-state index contributed by atoms with van der Waals surface area (Å²) in [4.78, 5) is 0. The first-order chi connectivity index (χ1) is 10.3. The fourth-order valence-electron chi connectivity index (χ4n) is 7.48. The Kier molecular flexibility index (Phi) is 3.32. The van der Waals surface area contributed by atoms with Gasteiger partial charge in [0.2, 0.25) is 0 Å². The van der Waals surface area contributed by atoms with Gasteiger partial charge in [-0.1, -0.05) is 13.8 Å². The van der Waals surface area contributed by atoms with E-state index in [-0.39, 0.29) is 11.5 Å². The number of aliphatic hydroxyl groups excluding tert-OH is 1. The maximum absolute atomic E-state index is 10.9. The van der Waals surface area contributed by atoms with Crippen LogP contribution in [0.25, 0.3) is 0 Å². The molecule has 4 aliphatic carbocycles.